The molecule has 1 aliphatic rings. The quantitative estimate of drug-likeness (QED) is 0.0633. The summed E-state index contributed by atoms with van der Waals surface area (Å²) >= 11 is 0. The Morgan fingerprint density at radius 1 is 0.825 bits per heavy atom. The van der Waals surface area contributed by atoms with Gasteiger partial charge < -0.3 is 35.4 Å². The molecular weight excluding hydrogens is 803 g/mol. The third-order valence-corrected chi connectivity index (χ3v) is 17.5. The Kier molecular flexibility index (Phi) is 14.1. The van der Waals surface area contributed by atoms with Crippen LogP contribution >= 0.6 is 0 Å². The van der Waals surface area contributed by atoms with E-state index >= 15 is 0 Å². The maximum atomic E-state index is 13.5. The summed E-state index contributed by atoms with van der Waals surface area (Å²) in [6, 6.07) is 45.0. The number of benzene rings is 5. The molecule has 0 saturated carbocycles. The first-order chi connectivity index (χ1) is 30.2. The number of pyridine rings is 1. The molecule has 1 aliphatic heterocycles. The van der Waals surface area contributed by atoms with Crippen LogP contribution in [0.3, 0.4) is 0 Å². The van der Waals surface area contributed by atoms with Gasteiger partial charge in [0, 0.05) is 49.7 Å². The molecule has 6 aromatic rings. The van der Waals surface area contributed by atoms with Gasteiger partial charge in [0.25, 0.3) is 0 Å². The lowest BCUT2D eigenvalue weighted by molar-refractivity contribution is -0.124. The van der Waals surface area contributed by atoms with Gasteiger partial charge >= 0.3 is 0 Å². The van der Waals surface area contributed by atoms with Crippen molar-refractivity contribution in [2.24, 2.45) is 11.7 Å². The number of carbonyl (C=O) groups excluding carboxylic acids is 2. The molecule has 2 heterocycles. The predicted molar refractivity (Wildman–Crippen MR) is 255 cm³/mol. The van der Waals surface area contributed by atoms with Gasteiger partial charge in [0.2, 0.25) is 17.4 Å². The van der Waals surface area contributed by atoms with Crippen molar-refractivity contribution in [3.8, 4) is 5.75 Å². The zero-order chi connectivity index (χ0) is 44.6. The molecule has 63 heavy (non-hydrogen) atoms. The largest absolute Gasteiger partial charge is 0.487 e. The number of hydrogen-bond donors (Lipinski definition) is 4. The molecule has 0 aliphatic carbocycles. The number of nitrogens with two attached hydrogens (primary N) is 1. The van der Waals surface area contributed by atoms with Crippen molar-refractivity contribution < 1.29 is 18.8 Å². The zero-order valence-corrected chi connectivity index (χ0v) is 38.2. The monoisotopic (exact) mass is 863 g/mol. The van der Waals surface area contributed by atoms with Gasteiger partial charge in [-0.3, -0.25) is 14.4 Å². The second-order valence-corrected chi connectivity index (χ2v) is 23.0. The lowest BCUT2D eigenvalue weighted by Crippen LogP contribution is -2.49. The average Bonchev–Trinajstić information content (AvgIpc) is 3.75. The molecular formula is C52H61N5O5Si. The molecule has 0 unspecified atom stereocenters. The molecule has 5 N–H and O–H groups in total. The summed E-state index contributed by atoms with van der Waals surface area (Å²) in [6.07, 6.45) is 0.825. The maximum absolute atomic E-state index is 13.5. The summed E-state index contributed by atoms with van der Waals surface area (Å²) in [7, 11) is -2.24. The number of rotatable bonds is 18. The number of carbonyl (C=O) groups is 2. The van der Waals surface area contributed by atoms with Gasteiger partial charge in [0.1, 0.15) is 17.8 Å². The molecule has 328 valence electrons. The highest BCUT2D eigenvalue weighted by atomic mass is 28.4. The number of hydrogen-bond acceptors (Lipinski definition) is 7. The molecule has 0 bridgehead atoms. The van der Waals surface area contributed by atoms with Gasteiger partial charge in [-0.15, -0.1) is 0 Å². The van der Waals surface area contributed by atoms with Crippen molar-refractivity contribution >= 4 is 36.7 Å². The van der Waals surface area contributed by atoms with Crippen LogP contribution in [0.1, 0.15) is 67.5 Å². The van der Waals surface area contributed by atoms with E-state index in [0.29, 0.717) is 50.5 Å². The molecule has 2 atom stereocenters. The molecule has 1 fully saturated rings. The summed E-state index contributed by atoms with van der Waals surface area (Å²) in [5.74, 6) is 0.158. The van der Waals surface area contributed by atoms with E-state index in [2.05, 4.69) is 60.4 Å². The van der Waals surface area contributed by atoms with Gasteiger partial charge in [-0.2, -0.15) is 0 Å². The Bertz CT molecular complexity index is 2490. The van der Waals surface area contributed by atoms with Crippen molar-refractivity contribution in [2.75, 3.05) is 31.5 Å². The minimum absolute atomic E-state index is 0.0210. The fourth-order valence-corrected chi connectivity index (χ4v) is 9.86. The summed E-state index contributed by atoms with van der Waals surface area (Å²) in [5.41, 5.74) is 11.4. The fraction of sp³-hybridized carbons (Fsp3) is 0.327. The molecule has 0 spiro atoms. The molecule has 0 radical (unpaired) electrons. The maximum Gasteiger partial charge on any atom is 0.248 e. The van der Waals surface area contributed by atoms with Crippen LogP contribution in [0.15, 0.2) is 144 Å². The molecule has 1 aromatic heterocycles. The Morgan fingerprint density at radius 2 is 1.46 bits per heavy atom. The number of likely N-dealkylation sites (tertiary alicyclic amines) is 1. The normalized spacial score (nSPS) is 15.3. The van der Waals surface area contributed by atoms with Crippen LogP contribution in [0.5, 0.6) is 5.75 Å². The number of primary amides is 1. The molecule has 11 heteroatoms. The lowest BCUT2D eigenvalue weighted by atomic mass is 9.64. The molecule has 5 aromatic carbocycles. The number of anilines is 1. The Labute approximate surface area is 372 Å². The molecule has 10 nitrogen and oxygen atoms in total. The third-order valence-electron chi connectivity index (χ3n) is 13.0. The minimum Gasteiger partial charge on any atom is -0.487 e. The van der Waals surface area contributed by atoms with E-state index in [1.807, 2.05) is 127 Å². The van der Waals surface area contributed by atoms with Crippen molar-refractivity contribution in [1.29, 1.82) is 0 Å². The number of aromatic amines is 1. The number of ether oxygens (including phenoxy) is 1. The number of amides is 2. The Morgan fingerprint density at radius 3 is 2.08 bits per heavy atom. The minimum atomic E-state index is -2.24. The van der Waals surface area contributed by atoms with Crippen molar-refractivity contribution in [2.45, 2.75) is 76.4 Å². The highest BCUT2D eigenvalue weighted by Gasteiger charge is 2.49. The first-order valence-electron chi connectivity index (χ1n) is 22.0. The average molecular weight is 864 g/mol. The van der Waals surface area contributed by atoms with Crippen LogP contribution in [-0.2, 0) is 32.6 Å². The van der Waals surface area contributed by atoms with Crippen LogP contribution in [0.25, 0.3) is 10.9 Å². The van der Waals surface area contributed by atoms with Crippen LogP contribution in [0.4, 0.5) is 5.69 Å². The summed E-state index contributed by atoms with van der Waals surface area (Å²) in [4.78, 5) is 44.6. The molecule has 7 rings (SSSR count). The first-order valence-corrected chi connectivity index (χ1v) is 24.9. The SMILES string of the molecule is CC(C)(C)[Si](C)(C)O[C@H](CNCc1ccc(NC(=O)CCN2CC[C@@H](C(C(N)=O)(c3ccccc3)c3ccccc3)C2)cc1)c1ccc(OCc2ccccc2)c2[nH]c(=O)ccc12. The van der Waals surface area contributed by atoms with E-state index in [0.717, 1.165) is 51.9 Å². The number of fused-ring (bicyclic) bond motifs is 1. The Balaban J connectivity index is 0.971. The zero-order valence-electron chi connectivity index (χ0n) is 37.2. The number of nitrogens with zero attached hydrogens (tertiary/aromatic N) is 1. The topological polar surface area (TPSA) is 139 Å². The smallest absolute Gasteiger partial charge is 0.248 e. The fourth-order valence-electron chi connectivity index (χ4n) is 8.58. The van der Waals surface area contributed by atoms with E-state index in [9.17, 15) is 14.4 Å². The van der Waals surface area contributed by atoms with Crippen LogP contribution in [0, 0.1) is 5.92 Å². The van der Waals surface area contributed by atoms with E-state index in [4.69, 9.17) is 14.9 Å². The van der Waals surface area contributed by atoms with E-state index in [1.165, 1.54) is 0 Å². The summed E-state index contributed by atoms with van der Waals surface area (Å²) in [5, 5.41) is 7.57. The molecule has 1 saturated heterocycles. The number of nitrogens with one attached hydrogen (secondary N) is 3. The van der Waals surface area contributed by atoms with Crippen LogP contribution in [-0.4, -0.2) is 56.2 Å². The summed E-state index contributed by atoms with van der Waals surface area (Å²) < 4.78 is 13.4. The van der Waals surface area contributed by atoms with E-state index < -0.39 is 13.7 Å². The van der Waals surface area contributed by atoms with Crippen molar-refractivity contribution in [3.63, 3.8) is 0 Å². The van der Waals surface area contributed by atoms with Crippen molar-refractivity contribution in [3.05, 3.63) is 178 Å². The van der Waals surface area contributed by atoms with Crippen LogP contribution in [0.2, 0.25) is 18.1 Å². The predicted octanol–water partition coefficient (Wildman–Crippen LogP) is 9.08. The Hall–Kier alpha value is -5.85. The van der Waals surface area contributed by atoms with Gasteiger partial charge in [-0.1, -0.05) is 130 Å². The highest BCUT2D eigenvalue weighted by molar-refractivity contribution is 6.74. The molecule has 2 amide bonds. The first kappa shape index (κ1) is 45.2. The van der Waals surface area contributed by atoms with Crippen molar-refractivity contribution in [1.82, 2.24) is 15.2 Å². The van der Waals surface area contributed by atoms with E-state index in [1.54, 1.807) is 6.07 Å². The number of aromatic nitrogens is 1. The third kappa shape index (κ3) is 10.5. The second kappa shape index (κ2) is 19.7. The van der Waals surface area contributed by atoms with Crippen LogP contribution < -0.4 is 26.7 Å². The standard InChI is InChI=1S/C52H61N5O5Si/c1-51(2,3)63(4,5)62-46(43-25-27-45(49-44(43)26-28-47(58)56-49)61-36-38-15-9-6-10-16-38)34-54-33-37-21-23-42(24-22-37)55-48(59)30-32-57-31-29-41(35-57)52(50(53)60,39-17-11-7-12-18-39)40-19-13-8-14-20-40/h6-28,41,46,54H,29-36H2,1-5H3,(H2,53,60)(H,55,59)(H,56,58)/t41-,46-/m1/s1. The van der Waals surface area contributed by atoms with Gasteiger partial charge in [0.05, 0.1) is 11.6 Å². The van der Waals surface area contributed by atoms with Gasteiger partial charge in [-0.25, -0.2) is 0 Å². The highest BCUT2D eigenvalue weighted by Crippen LogP contribution is 2.44. The van der Waals surface area contributed by atoms with Gasteiger partial charge in [-0.05, 0) is 89.1 Å². The van der Waals surface area contributed by atoms with E-state index in [-0.39, 0.29) is 34.4 Å². The van der Waals surface area contributed by atoms with Gasteiger partial charge in [0.15, 0.2) is 8.32 Å². The second-order valence-electron chi connectivity index (χ2n) is 18.2. The lowest BCUT2D eigenvalue weighted by Gasteiger charge is -2.39. The summed E-state index contributed by atoms with van der Waals surface area (Å²) in [6.45, 7) is 14.7. The number of H-pyrrole nitrogens is 1.